The van der Waals surface area contributed by atoms with Crippen molar-refractivity contribution in [2.24, 2.45) is 0 Å². The van der Waals surface area contributed by atoms with Gasteiger partial charge in [-0.1, -0.05) is 45.0 Å². The second-order valence-electron chi connectivity index (χ2n) is 7.60. The molecule has 0 aromatic heterocycles. The molecule has 1 N–H and O–H groups in total. The zero-order chi connectivity index (χ0) is 22.5. The van der Waals surface area contributed by atoms with E-state index in [0.717, 1.165) is 42.2 Å². The minimum atomic E-state index is -0.502. The van der Waals surface area contributed by atoms with Crippen molar-refractivity contribution in [1.82, 2.24) is 5.32 Å². The number of amides is 1. The lowest BCUT2D eigenvalue weighted by Crippen LogP contribution is -2.30. The molecule has 0 saturated carbocycles. The minimum absolute atomic E-state index is 0.160. The summed E-state index contributed by atoms with van der Waals surface area (Å²) in [6.07, 6.45) is 2.72. The van der Waals surface area contributed by atoms with Crippen LogP contribution >= 0.6 is 0 Å². The van der Waals surface area contributed by atoms with Crippen LogP contribution in [0.4, 0.5) is 4.79 Å². The maximum absolute atomic E-state index is 12.5. The van der Waals surface area contributed by atoms with Crippen molar-refractivity contribution in [3.63, 3.8) is 0 Å². The summed E-state index contributed by atoms with van der Waals surface area (Å²) >= 11 is 0. The second kappa shape index (κ2) is 13.8. The van der Waals surface area contributed by atoms with E-state index in [2.05, 4.69) is 12.2 Å². The highest BCUT2D eigenvalue weighted by Crippen LogP contribution is 2.26. The van der Waals surface area contributed by atoms with Crippen molar-refractivity contribution < 1.29 is 23.8 Å². The number of carbonyl (C=O) groups excluding carboxylic acids is 2. The maximum atomic E-state index is 12.5. The first-order valence-electron chi connectivity index (χ1n) is 11.2. The number of hydrogen-bond acceptors (Lipinski definition) is 5. The molecule has 0 aliphatic heterocycles. The van der Waals surface area contributed by atoms with Crippen LogP contribution in [-0.4, -0.2) is 44.8 Å². The van der Waals surface area contributed by atoms with Crippen LogP contribution in [0.5, 0.6) is 5.75 Å². The molecule has 6 nitrogen and oxygen atoms in total. The van der Waals surface area contributed by atoms with Gasteiger partial charge in [0, 0.05) is 38.7 Å². The highest BCUT2D eigenvalue weighted by Gasteiger charge is 2.15. The van der Waals surface area contributed by atoms with Gasteiger partial charge < -0.3 is 19.5 Å². The molecular formula is C25H35NO5. The third-order valence-corrected chi connectivity index (χ3v) is 4.95. The quantitative estimate of drug-likeness (QED) is 0.416. The first-order chi connectivity index (χ1) is 15.0. The molecule has 31 heavy (non-hydrogen) atoms. The van der Waals surface area contributed by atoms with E-state index < -0.39 is 6.09 Å². The Morgan fingerprint density at radius 2 is 1.58 bits per heavy atom. The third kappa shape index (κ3) is 8.67. The lowest BCUT2D eigenvalue weighted by Gasteiger charge is -2.13. The molecule has 0 bridgehead atoms. The fourth-order valence-electron chi connectivity index (χ4n) is 3.19. The van der Waals surface area contributed by atoms with Crippen LogP contribution in [0, 0.1) is 0 Å². The van der Waals surface area contributed by atoms with Gasteiger partial charge in [-0.15, -0.1) is 0 Å². The fraction of sp³-hybridized carbons (Fsp3) is 0.520. The molecule has 2 aromatic carbocycles. The van der Waals surface area contributed by atoms with Crippen LogP contribution in [0.2, 0.25) is 0 Å². The Balaban J connectivity index is 1.89. The molecule has 2 rings (SSSR count). The Kier molecular flexibility index (Phi) is 11.0. The number of benzene rings is 2. The number of ether oxygens (including phenoxy) is 3. The molecule has 1 amide bonds. The van der Waals surface area contributed by atoms with E-state index in [1.54, 1.807) is 6.07 Å². The molecule has 0 radical (unpaired) electrons. The van der Waals surface area contributed by atoms with Gasteiger partial charge in [-0.3, -0.25) is 4.79 Å². The average Bonchev–Trinajstić information content (AvgIpc) is 2.77. The van der Waals surface area contributed by atoms with Crippen LogP contribution < -0.4 is 10.1 Å². The smallest absolute Gasteiger partial charge is 0.410 e. The van der Waals surface area contributed by atoms with Gasteiger partial charge in [-0.25, -0.2) is 4.79 Å². The number of carbonyl (C=O) groups is 2. The lowest BCUT2D eigenvalue weighted by atomic mass is 9.92. The summed E-state index contributed by atoms with van der Waals surface area (Å²) in [7, 11) is 0. The van der Waals surface area contributed by atoms with Crippen molar-refractivity contribution >= 4 is 22.6 Å². The number of nitrogens with one attached hydrogen (secondary N) is 1. The summed E-state index contributed by atoms with van der Waals surface area (Å²) in [5.74, 6) is 0.537. The highest BCUT2D eigenvalue weighted by molar-refractivity contribution is 5.89. The summed E-state index contributed by atoms with van der Waals surface area (Å²) in [6, 6.07) is 11.4. The van der Waals surface area contributed by atoms with Gasteiger partial charge in [0.1, 0.15) is 11.5 Å². The highest BCUT2D eigenvalue weighted by atomic mass is 16.6. The predicted molar refractivity (Wildman–Crippen MR) is 123 cm³/mol. The molecule has 0 aliphatic carbocycles. The number of hydrogen-bond donors (Lipinski definition) is 1. The van der Waals surface area contributed by atoms with Crippen LogP contribution in [0.15, 0.2) is 36.4 Å². The maximum Gasteiger partial charge on any atom is 0.412 e. The van der Waals surface area contributed by atoms with E-state index in [1.807, 2.05) is 44.2 Å². The molecule has 2 aromatic rings. The van der Waals surface area contributed by atoms with E-state index in [0.29, 0.717) is 38.5 Å². The molecule has 0 heterocycles. The number of ketones is 1. The zero-order valence-corrected chi connectivity index (χ0v) is 18.9. The van der Waals surface area contributed by atoms with Crippen molar-refractivity contribution in [3.8, 4) is 5.75 Å². The van der Waals surface area contributed by atoms with Gasteiger partial charge >= 0.3 is 6.09 Å². The predicted octanol–water partition coefficient (Wildman–Crippen LogP) is 5.23. The summed E-state index contributed by atoms with van der Waals surface area (Å²) in [5.41, 5.74) is 0.991. The van der Waals surface area contributed by atoms with E-state index >= 15 is 0 Å². The van der Waals surface area contributed by atoms with Gasteiger partial charge in [0.05, 0.1) is 6.61 Å². The lowest BCUT2D eigenvalue weighted by molar-refractivity contribution is -0.120. The first-order valence-corrected chi connectivity index (χ1v) is 11.2. The van der Waals surface area contributed by atoms with Crippen LogP contribution in [0.3, 0.4) is 0 Å². The Labute approximate surface area is 185 Å². The van der Waals surface area contributed by atoms with Gasteiger partial charge in [-0.05, 0) is 47.7 Å². The number of Topliss-reactive ketones (excluding diaryl/α,β-unsaturated/α-hetero) is 1. The monoisotopic (exact) mass is 429 g/mol. The van der Waals surface area contributed by atoms with Gasteiger partial charge in [0.15, 0.2) is 0 Å². The summed E-state index contributed by atoms with van der Waals surface area (Å²) in [6.45, 7) is 8.99. The SMILES string of the molecule is CCCOCCCC(=O)[C@H](C)c1ccc2cc(OC(=O)NCCOCCC)ccc2c1. The van der Waals surface area contributed by atoms with E-state index in [-0.39, 0.29) is 11.7 Å². The molecular weight excluding hydrogens is 394 g/mol. The minimum Gasteiger partial charge on any atom is -0.410 e. The van der Waals surface area contributed by atoms with E-state index in [4.69, 9.17) is 14.2 Å². The molecule has 0 fully saturated rings. The Hall–Kier alpha value is -2.44. The normalized spacial score (nSPS) is 12.0. The Morgan fingerprint density at radius 1 is 0.903 bits per heavy atom. The van der Waals surface area contributed by atoms with Crippen molar-refractivity contribution in [2.75, 3.05) is 33.0 Å². The second-order valence-corrected chi connectivity index (χ2v) is 7.60. The summed E-state index contributed by atoms with van der Waals surface area (Å²) in [5, 5.41) is 4.63. The molecule has 0 saturated heterocycles. The molecule has 0 spiro atoms. The standard InChI is InChI=1S/C25H35NO5/c1-4-13-29-15-6-7-24(27)19(3)20-8-9-22-18-23(11-10-21(22)17-20)31-25(28)26-12-16-30-14-5-2/h8-11,17-19H,4-7,12-16H2,1-3H3,(H,26,28)/t19-/m1/s1. The topological polar surface area (TPSA) is 73.9 Å². The largest absolute Gasteiger partial charge is 0.412 e. The van der Waals surface area contributed by atoms with Crippen molar-refractivity contribution in [1.29, 1.82) is 0 Å². The van der Waals surface area contributed by atoms with Gasteiger partial charge in [0.25, 0.3) is 0 Å². The molecule has 0 aliphatic rings. The fourth-order valence-corrected chi connectivity index (χ4v) is 3.19. The molecule has 1 atom stereocenters. The van der Waals surface area contributed by atoms with E-state index in [9.17, 15) is 9.59 Å². The van der Waals surface area contributed by atoms with Gasteiger partial charge in [0.2, 0.25) is 0 Å². The third-order valence-electron chi connectivity index (χ3n) is 4.95. The number of rotatable bonds is 14. The molecule has 6 heteroatoms. The first kappa shape index (κ1) is 24.8. The summed E-state index contributed by atoms with van der Waals surface area (Å²) in [4.78, 5) is 24.4. The molecule has 0 unspecified atom stereocenters. The zero-order valence-electron chi connectivity index (χ0n) is 18.9. The van der Waals surface area contributed by atoms with Crippen LogP contribution in [0.1, 0.15) is 57.9 Å². The van der Waals surface area contributed by atoms with Crippen LogP contribution in [-0.2, 0) is 14.3 Å². The van der Waals surface area contributed by atoms with Crippen LogP contribution in [0.25, 0.3) is 10.8 Å². The summed E-state index contributed by atoms with van der Waals surface area (Å²) < 4.78 is 16.1. The van der Waals surface area contributed by atoms with Crippen molar-refractivity contribution in [3.05, 3.63) is 42.0 Å². The Bertz CT molecular complexity index is 836. The van der Waals surface area contributed by atoms with Crippen molar-refractivity contribution in [2.45, 2.75) is 52.4 Å². The average molecular weight is 430 g/mol. The Morgan fingerprint density at radius 3 is 2.32 bits per heavy atom. The van der Waals surface area contributed by atoms with E-state index in [1.165, 1.54) is 0 Å². The molecule has 170 valence electrons. The van der Waals surface area contributed by atoms with Gasteiger partial charge in [-0.2, -0.15) is 0 Å². The number of fused-ring (bicyclic) bond motifs is 1.